The molecule has 112 valence electrons. The average Bonchev–Trinajstić information content (AvgIpc) is 3.19. The first-order valence-electron chi connectivity index (χ1n) is 7.68. The van der Waals surface area contributed by atoms with Crippen molar-refractivity contribution in [3.05, 3.63) is 45.9 Å². The molecule has 0 bridgehead atoms. The second-order valence-electron chi connectivity index (χ2n) is 5.56. The third-order valence-electron chi connectivity index (χ3n) is 3.54. The maximum Gasteiger partial charge on any atom is 0.120 e. The number of thiazole rings is 1. The summed E-state index contributed by atoms with van der Waals surface area (Å²) in [6.45, 7) is 5.24. The molecule has 1 aromatic heterocycles. The van der Waals surface area contributed by atoms with E-state index in [1.54, 1.807) is 11.3 Å². The fourth-order valence-corrected chi connectivity index (χ4v) is 3.22. The number of benzene rings is 1. The Morgan fingerprint density at radius 2 is 2.29 bits per heavy atom. The molecule has 1 N–H and O–H groups in total. The minimum atomic E-state index is 0.207. The van der Waals surface area contributed by atoms with Gasteiger partial charge in [0.25, 0.3) is 0 Å². The molecule has 1 heterocycles. The van der Waals surface area contributed by atoms with Crippen LogP contribution in [0.15, 0.2) is 30.5 Å². The molecule has 3 nitrogen and oxygen atoms in total. The molecule has 2 aromatic rings. The van der Waals surface area contributed by atoms with E-state index in [0.29, 0.717) is 6.10 Å². The topological polar surface area (TPSA) is 34.1 Å². The van der Waals surface area contributed by atoms with E-state index in [1.165, 1.54) is 23.3 Å². The number of nitrogens with zero attached hydrogens (tertiary/aromatic N) is 1. The lowest BCUT2D eigenvalue weighted by Gasteiger charge is -2.18. The van der Waals surface area contributed by atoms with Gasteiger partial charge in [-0.1, -0.05) is 19.1 Å². The van der Waals surface area contributed by atoms with Crippen molar-refractivity contribution < 1.29 is 4.74 Å². The van der Waals surface area contributed by atoms with Crippen molar-refractivity contribution >= 4 is 11.3 Å². The predicted octanol–water partition coefficient (Wildman–Crippen LogP) is 4.08. The van der Waals surface area contributed by atoms with Crippen LogP contribution in [0.4, 0.5) is 0 Å². The zero-order valence-corrected chi connectivity index (χ0v) is 13.5. The molecule has 0 amide bonds. The molecule has 0 radical (unpaired) electrons. The lowest BCUT2D eigenvalue weighted by Crippen LogP contribution is -2.22. The fraction of sp³-hybridized carbons (Fsp3) is 0.471. The normalized spacial score (nSPS) is 15.9. The van der Waals surface area contributed by atoms with E-state index in [-0.39, 0.29) is 6.04 Å². The molecule has 0 aliphatic heterocycles. The second kappa shape index (κ2) is 6.58. The SMILES string of the molecule is CCCNC(c1cccc(OC2CC2)c1)c1cnc(C)s1. The van der Waals surface area contributed by atoms with Crippen LogP contribution in [0.1, 0.15) is 47.7 Å². The van der Waals surface area contributed by atoms with Crippen LogP contribution in [0.3, 0.4) is 0 Å². The van der Waals surface area contributed by atoms with Gasteiger partial charge in [-0.3, -0.25) is 0 Å². The zero-order chi connectivity index (χ0) is 14.7. The second-order valence-corrected chi connectivity index (χ2v) is 6.82. The number of hydrogen-bond acceptors (Lipinski definition) is 4. The van der Waals surface area contributed by atoms with Crippen molar-refractivity contribution in [1.82, 2.24) is 10.3 Å². The molecule has 4 heteroatoms. The Hall–Kier alpha value is -1.39. The Morgan fingerprint density at radius 3 is 2.95 bits per heavy atom. The van der Waals surface area contributed by atoms with Crippen LogP contribution in [0, 0.1) is 6.92 Å². The Labute approximate surface area is 130 Å². The molecule has 1 fully saturated rings. The van der Waals surface area contributed by atoms with Gasteiger partial charge in [0.1, 0.15) is 5.75 Å². The Bertz CT molecular complexity index is 592. The highest BCUT2D eigenvalue weighted by atomic mass is 32.1. The van der Waals surface area contributed by atoms with Gasteiger partial charge in [0.2, 0.25) is 0 Å². The van der Waals surface area contributed by atoms with Gasteiger partial charge in [-0.2, -0.15) is 0 Å². The summed E-state index contributed by atoms with van der Waals surface area (Å²) in [6, 6.07) is 8.68. The van der Waals surface area contributed by atoms with Crippen LogP contribution in [0.5, 0.6) is 5.75 Å². The van der Waals surface area contributed by atoms with Gasteiger partial charge in [0, 0.05) is 11.1 Å². The molecule has 1 unspecified atom stereocenters. The van der Waals surface area contributed by atoms with Crippen molar-refractivity contribution in [2.75, 3.05) is 6.54 Å². The summed E-state index contributed by atoms with van der Waals surface area (Å²) >= 11 is 1.76. The van der Waals surface area contributed by atoms with E-state index in [4.69, 9.17) is 4.74 Å². The maximum absolute atomic E-state index is 5.92. The fourth-order valence-electron chi connectivity index (χ4n) is 2.33. The Kier molecular flexibility index (Phi) is 4.56. The first kappa shape index (κ1) is 14.5. The molecular weight excluding hydrogens is 280 g/mol. The van der Waals surface area contributed by atoms with E-state index in [0.717, 1.165) is 23.7 Å². The lowest BCUT2D eigenvalue weighted by molar-refractivity contribution is 0.302. The predicted molar refractivity (Wildman–Crippen MR) is 87.1 cm³/mol. The van der Waals surface area contributed by atoms with E-state index in [2.05, 4.69) is 48.4 Å². The minimum Gasteiger partial charge on any atom is -0.490 e. The van der Waals surface area contributed by atoms with E-state index in [1.807, 2.05) is 6.20 Å². The monoisotopic (exact) mass is 302 g/mol. The van der Waals surface area contributed by atoms with Crippen LogP contribution < -0.4 is 10.1 Å². The molecule has 0 spiro atoms. The molecule has 1 atom stereocenters. The minimum absolute atomic E-state index is 0.207. The van der Waals surface area contributed by atoms with Crippen molar-refractivity contribution in [2.24, 2.45) is 0 Å². The molecule has 21 heavy (non-hydrogen) atoms. The van der Waals surface area contributed by atoms with E-state index >= 15 is 0 Å². The third kappa shape index (κ3) is 3.83. The first-order valence-corrected chi connectivity index (χ1v) is 8.50. The molecular formula is C17H22N2OS. The van der Waals surface area contributed by atoms with E-state index in [9.17, 15) is 0 Å². The highest BCUT2D eigenvalue weighted by Crippen LogP contribution is 2.31. The van der Waals surface area contributed by atoms with E-state index < -0.39 is 0 Å². The van der Waals surface area contributed by atoms with Gasteiger partial charge >= 0.3 is 0 Å². The van der Waals surface area contributed by atoms with Gasteiger partial charge in [-0.15, -0.1) is 11.3 Å². The number of aromatic nitrogens is 1. The zero-order valence-electron chi connectivity index (χ0n) is 12.6. The summed E-state index contributed by atoms with van der Waals surface area (Å²) in [5.74, 6) is 0.986. The smallest absolute Gasteiger partial charge is 0.120 e. The van der Waals surface area contributed by atoms with Crippen molar-refractivity contribution in [1.29, 1.82) is 0 Å². The summed E-state index contributed by atoms with van der Waals surface area (Å²) in [7, 11) is 0. The standard InChI is InChI=1S/C17H22N2OS/c1-3-9-18-17(16-11-19-12(2)21-16)13-5-4-6-15(10-13)20-14-7-8-14/h4-6,10-11,14,17-18H,3,7-9H2,1-2H3. The molecule has 1 saturated carbocycles. The number of aryl methyl sites for hydroxylation is 1. The number of hydrogen-bond donors (Lipinski definition) is 1. The van der Waals surface area contributed by atoms with Gasteiger partial charge in [-0.05, 0) is 50.4 Å². The van der Waals surface area contributed by atoms with Crippen LogP contribution in [0.2, 0.25) is 0 Å². The van der Waals surface area contributed by atoms with Crippen LogP contribution >= 0.6 is 11.3 Å². The average molecular weight is 302 g/mol. The Morgan fingerprint density at radius 1 is 1.43 bits per heavy atom. The maximum atomic E-state index is 5.92. The van der Waals surface area contributed by atoms with Crippen molar-refractivity contribution in [3.63, 3.8) is 0 Å². The van der Waals surface area contributed by atoms with Gasteiger partial charge in [0.05, 0.1) is 17.2 Å². The van der Waals surface area contributed by atoms with Crippen LogP contribution in [0.25, 0.3) is 0 Å². The summed E-state index contributed by atoms with van der Waals surface area (Å²) in [6.07, 6.45) is 5.92. The van der Waals surface area contributed by atoms with Crippen LogP contribution in [-0.2, 0) is 0 Å². The summed E-state index contributed by atoms with van der Waals surface area (Å²) in [5.41, 5.74) is 1.25. The first-order chi connectivity index (χ1) is 10.3. The molecule has 0 saturated heterocycles. The molecule has 1 aliphatic rings. The van der Waals surface area contributed by atoms with Gasteiger partial charge in [0.15, 0.2) is 0 Å². The van der Waals surface area contributed by atoms with Gasteiger partial charge < -0.3 is 10.1 Å². The highest BCUT2D eigenvalue weighted by Gasteiger charge is 2.24. The molecule has 1 aliphatic carbocycles. The van der Waals surface area contributed by atoms with Crippen molar-refractivity contribution in [2.45, 2.75) is 45.3 Å². The number of nitrogens with one attached hydrogen (secondary N) is 1. The highest BCUT2D eigenvalue weighted by molar-refractivity contribution is 7.11. The number of ether oxygens (including phenoxy) is 1. The quantitative estimate of drug-likeness (QED) is 0.836. The summed E-state index contributed by atoms with van der Waals surface area (Å²) in [5, 5.41) is 4.74. The number of rotatable bonds is 7. The Balaban J connectivity index is 1.83. The molecule has 3 rings (SSSR count). The summed E-state index contributed by atoms with van der Waals surface area (Å²) < 4.78 is 5.92. The largest absolute Gasteiger partial charge is 0.490 e. The third-order valence-corrected chi connectivity index (χ3v) is 4.52. The summed E-state index contributed by atoms with van der Waals surface area (Å²) in [4.78, 5) is 5.67. The molecule has 1 aromatic carbocycles. The van der Waals surface area contributed by atoms with Gasteiger partial charge in [-0.25, -0.2) is 4.98 Å². The van der Waals surface area contributed by atoms with Crippen molar-refractivity contribution in [3.8, 4) is 5.75 Å². The lowest BCUT2D eigenvalue weighted by atomic mass is 10.1. The van der Waals surface area contributed by atoms with Crippen LogP contribution in [-0.4, -0.2) is 17.6 Å².